The summed E-state index contributed by atoms with van der Waals surface area (Å²) in [6, 6.07) is 10.4. The Morgan fingerprint density at radius 1 is 1.24 bits per heavy atom. The van der Waals surface area contributed by atoms with Crippen molar-refractivity contribution in [2.24, 2.45) is 0 Å². The number of para-hydroxylation sites is 1. The Bertz CT molecular complexity index is 671. The van der Waals surface area contributed by atoms with Gasteiger partial charge in [-0.2, -0.15) is 0 Å². The highest BCUT2D eigenvalue weighted by atomic mass is 32.1. The molecule has 1 aliphatic heterocycles. The minimum absolute atomic E-state index is 0.105. The number of hydrogen-bond acceptors (Lipinski definition) is 4. The van der Waals surface area contributed by atoms with Gasteiger partial charge in [0.15, 0.2) is 18.2 Å². The largest absolute Gasteiger partial charge is 0.481 e. The molecule has 2 aromatic rings. The summed E-state index contributed by atoms with van der Waals surface area (Å²) in [7, 11) is 0. The van der Waals surface area contributed by atoms with Crippen LogP contribution < -0.4 is 4.74 Å². The number of rotatable bonds is 7. The fourth-order valence-electron chi connectivity index (χ4n) is 2.98. The number of halogens is 1. The van der Waals surface area contributed by atoms with E-state index in [0.717, 1.165) is 19.3 Å². The zero-order valence-corrected chi connectivity index (χ0v) is 14.8. The third-order valence-corrected chi connectivity index (χ3v) is 5.26. The molecule has 0 N–H and O–H groups in total. The van der Waals surface area contributed by atoms with Gasteiger partial charge in [-0.1, -0.05) is 18.2 Å². The summed E-state index contributed by atoms with van der Waals surface area (Å²) in [5, 5.41) is 2.04. The Hall–Kier alpha value is -1.92. The molecule has 1 aromatic heterocycles. The van der Waals surface area contributed by atoms with E-state index in [0.29, 0.717) is 19.8 Å². The molecule has 0 saturated carbocycles. The first-order valence-corrected chi connectivity index (χ1v) is 9.39. The molecule has 0 spiro atoms. The van der Waals surface area contributed by atoms with Gasteiger partial charge in [0.1, 0.15) is 0 Å². The molecule has 134 valence electrons. The lowest BCUT2D eigenvalue weighted by Crippen LogP contribution is -2.46. The molecule has 0 radical (unpaired) electrons. The number of hydrogen-bond donors (Lipinski definition) is 0. The van der Waals surface area contributed by atoms with Gasteiger partial charge in [-0.3, -0.25) is 4.79 Å². The highest BCUT2D eigenvalue weighted by molar-refractivity contribution is 7.09. The van der Waals surface area contributed by atoms with Crippen LogP contribution in [0.1, 0.15) is 17.7 Å². The van der Waals surface area contributed by atoms with Crippen molar-refractivity contribution in [2.75, 3.05) is 26.4 Å². The van der Waals surface area contributed by atoms with Crippen LogP contribution in [0.4, 0.5) is 4.39 Å². The van der Waals surface area contributed by atoms with E-state index in [9.17, 15) is 9.18 Å². The first kappa shape index (κ1) is 17.9. The molecule has 0 unspecified atom stereocenters. The molecule has 0 aliphatic carbocycles. The molecule has 1 saturated heterocycles. The number of thiophene rings is 1. The van der Waals surface area contributed by atoms with Crippen LogP contribution in [0.2, 0.25) is 0 Å². The predicted octanol–water partition coefficient (Wildman–Crippen LogP) is 3.52. The molecular weight excluding hydrogens is 341 g/mol. The van der Waals surface area contributed by atoms with Crippen molar-refractivity contribution in [2.45, 2.75) is 25.3 Å². The number of nitrogens with zero attached hydrogens (tertiary/aromatic N) is 1. The molecule has 25 heavy (non-hydrogen) atoms. The molecule has 1 fully saturated rings. The fraction of sp³-hybridized carbons (Fsp3) is 0.421. The maximum atomic E-state index is 13.7. The van der Waals surface area contributed by atoms with E-state index in [1.807, 2.05) is 16.3 Å². The van der Waals surface area contributed by atoms with Gasteiger partial charge < -0.3 is 14.4 Å². The molecule has 6 heteroatoms. The smallest absolute Gasteiger partial charge is 0.260 e. The highest BCUT2D eigenvalue weighted by Gasteiger charge is 2.26. The second-order valence-corrected chi connectivity index (χ2v) is 7.01. The van der Waals surface area contributed by atoms with Crippen LogP contribution in [0, 0.1) is 5.82 Å². The number of amides is 1. The van der Waals surface area contributed by atoms with Crippen LogP contribution >= 0.6 is 11.3 Å². The van der Waals surface area contributed by atoms with Crippen molar-refractivity contribution in [1.29, 1.82) is 0 Å². The standard InChI is InChI=1S/C19H22FNO3S/c20-17-5-1-2-6-18(17)24-14-19(22)21(15-8-11-23-12-9-15)10-7-16-4-3-13-25-16/h1-6,13,15H,7-12,14H2. The second-order valence-electron chi connectivity index (χ2n) is 5.98. The third kappa shape index (κ3) is 5.03. The van der Waals surface area contributed by atoms with Gasteiger partial charge in [0, 0.05) is 30.7 Å². The Morgan fingerprint density at radius 3 is 2.76 bits per heavy atom. The topological polar surface area (TPSA) is 38.8 Å². The molecule has 3 rings (SSSR count). The van der Waals surface area contributed by atoms with E-state index in [2.05, 4.69) is 6.07 Å². The number of benzene rings is 1. The van der Waals surface area contributed by atoms with Gasteiger partial charge in [0.05, 0.1) is 0 Å². The second kappa shape index (κ2) is 8.97. The van der Waals surface area contributed by atoms with E-state index >= 15 is 0 Å². The predicted molar refractivity (Wildman–Crippen MR) is 95.5 cm³/mol. The van der Waals surface area contributed by atoms with Crippen LogP contribution in [0.5, 0.6) is 5.75 Å². The lowest BCUT2D eigenvalue weighted by atomic mass is 10.1. The number of carbonyl (C=O) groups excluding carboxylic acids is 1. The zero-order valence-electron chi connectivity index (χ0n) is 14.0. The summed E-state index contributed by atoms with van der Waals surface area (Å²) >= 11 is 1.69. The van der Waals surface area contributed by atoms with Gasteiger partial charge in [-0.15, -0.1) is 11.3 Å². The van der Waals surface area contributed by atoms with Gasteiger partial charge in [-0.05, 0) is 42.8 Å². The summed E-state index contributed by atoms with van der Waals surface area (Å²) in [5.41, 5.74) is 0. The SMILES string of the molecule is O=C(COc1ccccc1F)N(CCc1cccs1)C1CCOCC1. The van der Waals surface area contributed by atoms with Crippen LogP contribution in [0.15, 0.2) is 41.8 Å². The molecule has 0 atom stereocenters. The first-order chi connectivity index (χ1) is 12.2. The van der Waals surface area contributed by atoms with Crippen molar-refractivity contribution in [3.8, 4) is 5.75 Å². The molecule has 2 heterocycles. The van der Waals surface area contributed by atoms with Gasteiger partial charge in [0.2, 0.25) is 0 Å². The summed E-state index contributed by atoms with van der Waals surface area (Å²) < 4.78 is 24.5. The van der Waals surface area contributed by atoms with Crippen molar-refractivity contribution in [3.05, 3.63) is 52.5 Å². The summed E-state index contributed by atoms with van der Waals surface area (Å²) in [6.45, 7) is 1.83. The van der Waals surface area contributed by atoms with E-state index in [1.54, 1.807) is 23.5 Å². The quantitative estimate of drug-likeness (QED) is 0.756. The van der Waals surface area contributed by atoms with E-state index in [1.165, 1.54) is 17.0 Å². The molecular formula is C19H22FNO3S. The summed E-state index contributed by atoms with van der Waals surface area (Å²) in [6.07, 6.45) is 2.48. The van der Waals surface area contributed by atoms with Crippen molar-refractivity contribution in [3.63, 3.8) is 0 Å². The van der Waals surface area contributed by atoms with Crippen LogP contribution in [0.25, 0.3) is 0 Å². The maximum Gasteiger partial charge on any atom is 0.260 e. The van der Waals surface area contributed by atoms with Crippen LogP contribution in [-0.2, 0) is 16.0 Å². The third-order valence-electron chi connectivity index (χ3n) is 4.32. The van der Waals surface area contributed by atoms with Crippen molar-refractivity contribution >= 4 is 17.2 Å². The van der Waals surface area contributed by atoms with Crippen molar-refractivity contribution in [1.82, 2.24) is 4.90 Å². The maximum absolute atomic E-state index is 13.7. The lowest BCUT2D eigenvalue weighted by molar-refractivity contribution is -0.137. The van der Waals surface area contributed by atoms with Crippen molar-refractivity contribution < 1.29 is 18.7 Å². The lowest BCUT2D eigenvalue weighted by Gasteiger charge is -2.34. The minimum atomic E-state index is -0.452. The Kier molecular flexibility index (Phi) is 6.42. The summed E-state index contributed by atoms with van der Waals surface area (Å²) in [4.78, 5) is 15.9. The zero-order chi connectivity index (χ0) is 17.5. The van der Waals surface area contributed by atoms with E-state index in [-0.39, 0.29) is 24.3 Å². The van der Waals surface area contributed by atoms with E-state index in [4.69, 9.17) is 9.47 Å². The van der Waals surface area contributed by atoms with Gasteiger partial charge in [-0.25, -0.2) is 4.39 Å². The Morgan fingerprint density at radius 2 is 2.04 bits per heavy atom. The first-order valence-electron chi connectivity index (χ1n) is 8.51. The molecule has 1 amide bonds. The average Bonchev–Trinajstić information content (AvgIpc) is 3.16. The van der Waals surface area contributed by atoms with Crippen LogP contribution in [0.3, 0.4) is 0 Å². The molecule has 1 aromatic carbocycles. The number of ether oxygens (including phenoxy) is 2. The average molecular weight is 363 g/mol. The number of carbonyl (C=O) groups is 1. The Labute approximate surface area is 151 Å². The molecule has 0 bridgehead atoms. The highest BCUT2D eigenvalue weighted by Crippen LogP contribution is 2.19. The van der Waals surface area contributed by atoms with Gasteiger partial charge in [0.25, 0.3) is 5.91 Å². The molecule has 4 nitrogen and oxygen atoms in total. The fourth-order valence-corrected chi connectivity index (χ4v) is 3.68. The monoisotopic (exact) mass is 363 g/mol. The Balaban J connectivity index is 1.62. The molecule has 1 aliphatic rings. The summed E-state index contributed by atoms with van der Waals surface area (Å²) in [5.74, 6) is -0.445. The van der Waals surface area contributed by atoms with Crippen LogP contribution in [-0.4, -0.2) is 43.2 Å². The van der Waals surface area contributed by atoms with E-state index < -0.39 is 5.82 Å². The van der Waals surface area contributed by atoms with Gasteiger partial charge >= 0.3 is 0 Å². The minimum Gasteiger partial charge on any atom is -0.481 e. The normalized spacial score (nSPS) is 15.1.